The number of ether oxygens (including phenoxy) is 1. The average Bonchev–Trinajstić information content (AvgIpc) is 2.91. The van der Waals surface area contributed by atoms with Crippen LogP contribution in [0.25, 0.3) is 0 Å². The van der Waals surface area contributed by atoms with Gasteiger partial charge in [0.1, 0.15) is 10.7 Å². The van der Waals surface area contributed by atoms with Crippen molar-refractivity contribution < 1.29 is 31.1 Å². The van der Waals surface area contributed by atoms with Crippen LogP contribution in [0.3, 0.4) is 0 Å². The van der Waals surface area contributed by atoms with Gasteiger partial charge in [0.15, 0.2) is 0 Å². The number of thiocarbonyl (C=S) groups is 1. The predicted molar refractivity (Wildman–Crippen MR) is 140 cm³/mol. The zero-order valence-electron chi connectivity index (χ0n) is 20.9. The van der Waals surface area contributed by atoms with Crippen LogP contribution in [0.4, 0.5) is 43.4 Å². The van der Waals surface area contributed by atoms with Crippen LogP contribution < -0.4 is 10.2 Å². The molecule has 1 aliphatic heterocycles. The van der Waals surface area contributed by atoms with Crippen molar-refractivity contribution in [2.24, 2.45) is 5.18 Å². The van der Waals surface area contributed by atoms with Crippen LogP contribution in [0.2, 0.25) is 0 Å². The SMILES string of the molecule is O=Nc1ccc(NC2CCC(OCC(=S)N3CCN(c4cccc(C(F)(F)F)c4)CC3)CC2)cc1C(F)(F)F. The largest absolute Gasteiger partial charge is 0.418 e. The number of benzene rings is 2. The van der Waals surface area contributed by atoms with Gasteiger partial charge >= 0.3 is 12.4 Å². The molecule has 0 unspecified atom stereocenters. The molecule has 1 N–H and O–H groups in total. The van der Waals surface area contributed by atoms with Gasteiger partial charge in [-0.1, -0.05) is 18.3 Å². The third-order valence-electron chi connectivity index (χ3n) is 7.06. The highest BCUT2D eigenvalue weighted by Crippen LogP contribution is 2.38. The molecule has 1 saturated heterocycles. The van der Waals surface area contributed by atoms with Gasteiger partial charge in [-0.05, 0) is 67.3 Å². The summed E-state index contributed by atoms with van der Waals surface area (Å²) in [5.41, 5.74) is -1.56. The van der Waals surface area contributed by atoms with Gasteiger partial charge in [-0.2, -0.15) is 26.3 Å². The molecule has 2 aliphatic rings. The lowest BCUT2D eigenvalue weighted by atomic mass is 9.92. The second-order valence-electron chi connectivity index (χ2n) is 9.67. The second-order valence-corrected chi connectivity index (χ2v) is 10.1. The van der Waals surface area contributed by atoms with Gasteiger partial charge in [0, 0.05) is 43.6 Å². The molecule has 1 aliphatic carbocycles. The number of anilines is 2. The number of hydrogen-bond donors (Lipinski definition) is 1. The van der Waals surface area contributed by atoms with Crippen LogP contribution in [0, 0.1) is 4.91 Å². The molecule has 6 nitrogen and oxygen atoms in total. The van der Waals surface area contributed by atoms with E-state index in [1.165, 1.54) is 12.1 Å². The molecule has 1 saturated carbocycles. The summed E-state index contributed by atoms with van der Waals surface area (Å²) in [7, 11) is 0. The number of alkyl halides is 6. The molecule has 1 heterocycles. The lowest BCUT2D eigenvalue weighted by molar-refractivity contribution is -0.138. The minimum absolute atomic E-state index is 0.0280. The van der Waals surface area contributed by atoms with Gasteiger partial charge in [-0.3, -0.25) is 0 Å². The molecule has 0 bridgehead atoms. The molecule has 0 amide bonds. The number of nitrogens with zero attached hydrogens (tertiary/aromatic N) is 3. The smallest absolute Gasteiger partial charge is 0.382 e. The molecule has 0 radical (unpaired) electrons. The van der Waals surface area contributed by atoms with Crippen molar-refractivity contribution in [3.05, 3.63) is 58.5 Å². The van der Waals surface area contributed by atoms with E-state index in [0.717, 1.165) is 24.3 Å². The highest BCUT2D eigenvalue weighted by Gasteiger charge is 2.35. The quantitative estimate of drug-likeness (QED) is 0.218. The summed E-state index contributed by atoms with van der Waals surface area (Å²) in [6.45, 7) is 2.49. The zero-order valence-corrected chi connectivity index (χ0v) is 21.7. The van der Waals surface area contributed by atoms with Crippen LogP contribution in [-0.2, 0) is 17.1 Å². The Kier molecular flexibility index (Phi) is 9.00. The number of nitrogens with one attached hydrogen (secondary N) is 1. The van der Waals surface area contributed by atoms with E-state index in [0.29, 0.717) is 62.5 Å². The number of hydrogen-bond acceptors (Lipinski definition) is 6. The van der Waals surface area contributed by atoms with Crippen LogP contribution >= 0.6 is 12.2 Å². The molecule has 39 heavy (non-hydrogen) atoms. The summed E-state index contributed by atoms with van der Waals surface area (Å²) < 4.78 is 84.6. The molecule has 2 aromatic carbocycles. The first-order chi connectivity index (χ1) is 18.4. The van der Waals surface area contributed by atoms with Crippen LogP contribution in [0.1, 0.15) is 36.8 Å². The van der Waals surface area contributed by atoms with E-state index in [4.69, 9.17) is 17.0 Å². The van der Waals surface area contributed by atoms with Gasteiger partial charge in [-0.15, -0.1) is 4.91 Å². The van der Waals surface area contributed by atoms with E-state index >= 15 is 0 Å². The van der Waals surface area contributed by atoms with Crippen molar-refractivity contribution in [1.29, 1.82) is 0 Å². The van der Waals surface area contributed by atoms with E-state index in [9.17, 15) is 31.2 Å². The van der Waals surface area contributed by atoms with Crippen LogP contribution in [-0.4, -0.2) is 54.8 Å². The Balaban J connectivity index is 1.20. The van der Waals surface area contributed by atoms with Crippen molar-refractivity contribution in [1.82, 2.24) is 4.90 Å². The fourth-order valence-corrected chi connectivity index (χ4v) is 5.17. The molecule has 0 atom stereocenters. The molecular weight excluding hydrogens is 546 g/mol. The Hall–Kier alpha value is -2.93. The first kappa shape index (κ1) is 29.1. The maximum Gasteiger partial charge on any atom is 0.418 e. The van der Waals surface area contributed by atoms with E-state index in [2.05, 4.69) is 10.5 Å². The molecule has 212 valence electrons. The Morgan fingerprint density at radius 2 is 1.64 bits per heavy atom. The van der Waals surface area contributed by atoms with E-state index in [-0.39, 0.29) is 24.4 Å². The fraction of sp³-hybridized carbons (Fsp3) is 0.500. The Morgan fingerprint density at radius 3 is 2.26 bits per heavy atom. The summed E-state index contributed by atoms with van der Waals surface area (Å²) in [6, 6.07) is 8.66. The van der Waals surface area contributed by atoms with Gasteiger partial charge < -0.3 is 19.9 Å². The van der Waals surface area contributed by atoms with Gasteiger partial charge in [0.05, 0.1) is 23.8 Å². The summed E-state index contributed by atoms with van der Waals surface area (Å²) in [5, 5.41) is 5.57. The maximum atomic E-state index is 13.2. The highest BCUT2D eigenvalue weighted by molar-refractivity contribution is 7.80. The van der Waals surface area contributed by atoms with Gasteiger partial charge in [0.2, 0.25) is 0 Å². The molecular formula is C26H28F6N4O2S. The topological polar surface area (TPSA) is 57.2 Å². The fourth-order valence-electron chi connectivity index (χ4n) is 4.92. The molecule has 2 fully saturated rings. The summed E-state index contributed by atoms with van der Waals surface area (Å²) in [4.78, 5) is 15.3. The Bertz CT molecular complexity index is 1160. The molecule has 4 rings (SSSR count). The summed E-state index contributed by atoms with van der Waals surface area (Å²) >= 11 is 5.54. The lowest BCUT2D eigenvalue weighted by Gasteiger charge is -2.38. The van der Waals surface area contributed by atoms with Crippen molar-refractivity contribution in [3.8, 4) is 0 Å². The number of halogens is 6. The van der Waals surface area contributed by atoms with Gasteiger partial charge in [0.25, 0.3) is 0 Å². The van der Waals surface area contributed by atoms with E-state index in [1.54, 1.807) is 6.07 Å². The normalized spacial score (nSPS) is 20.6. The van der Waals surface area contributed by atoms with E-state index in [1.807, 2.05) is 9.80 Å². The first-order valence-corrected chi connectivity index (χ1v) is 13.0. The minimum Gasteiger partial charge on any atom is -0.382 e. The molecule has 0 spiro atoms. The number of nitroso groups, excluding NO2 is 1. The standard InChI is InChI=1S/C26H28F6N4O2S/c27-25(28,29)17-2-1-3-20(14-17)35-10-12-36(13-11-35)24(39)16-38-21-7-4-18(5-8-21)33-19-6-9-23(34-37)22(15-19)26(30,31)32/h1-3,6,9,14-15,18,21,33H,4-5,7-8,10-13,16H2. The van der Waals surface area contributed by atoms with Crippen molar-refractivity contribution >= 4 is 34.3 Å². The first-order valence-electron chi connectivity index (χ1n) is 12.6. The predicted octanol–water partition coefficient (Wildman–Crippen LogP) is 7.01. The number of piperazine rings is 1. The zero-order chi connectivity index (χ0) is 28.2. The average molecular weight is 575 g/mol. The third kappa shape index (κ3) is 7.59. The number of rotatable bonds is 7. The van der Waals surface area contributed by atoms with Gasteiger partial charge in [-0.25, -0.2) is 0 Å². The van der Waals surface area contributed by atoms with Crippen molar-refractivity contribution in [2.75, 3.05) is 43.0 Å². The third-order valence-corrected chi connectivity index (χ3v) is 7.43. The van der Waals surface area contributed by atoms with Crippen LogP contribution in [0.5, 0.6) is 0 Å². The second kappa shape index (κ2) is 12.1. The Morgan fingerprint density at radius 1 is 0.949 bits per heavy atom. The van der Waals surface area contributed by atoms with Crippen molar-refractivity contribution in [3.63, 3.8) is 0 Å². The molecule has 13 heteroatoms. The minimum atomic E-state index is -4.67. The summed E-state index contributed by atoms with van der Waals surface area (Å²) in [5.74, 6) is 0. The molecule has 2 aromatic rings. The lowest BCUT2D eigenvalue weighted by Crippen LogP contribution is -2.49. The highest BCUT2D eigenvalue weighted by atomic mass is 32.1. The van der Waals surface area contributed by atoms with Crippen molar-refractivity contribution in [2.45, 2.75) is 50.2 Å². The monoisotopic (exact) mass is 574 g/mol. The van der Waals surface area contributed by atoms with Crippen LogP contribution in [0.15, 0.2) is 47.6 Å². The molecule has 0 aromatic heterocycles. The van der Waals surface area contributed by atoms with E-state index < -0.39 is 29.2 Å². The Labute approximate surface area is 227 Å². The maximum absolute atomic E-state index is 13.2. The summed E-state index contributed by atoms with van der Waals surface area (Å²) in [6.07, 6.45) is -6.27.